The predicted octanol–water partition coefficient (Wildman–Crippen LogP) is 2.88. The monoisotopic (exact) mass is 470 g/mol. The molecule has 0 atom stereocenters. The minimum absolute atomic E-state index is 0. The highest BCUT2D eigenvalue weighted by Gasteiger charge is 2.03. The van der Waals surface area contributed by atoms with Crippen molar-refractivity contribution in [3.05, 3.63) is 15.6 Å². The maximum Gasteiger partial charge on any atom is 0.191 e. The topological polar surface area (TPSA) is 67.8 Å². The first-order valence-corrected chi connectivity index (χ1v) is 9.00. The molecule has 2 N–H and O–H groups in total. The van der Waals surface area contributed by atoms with Crippen LogP contribution in [0.2, 0.25) is 0 Å². The van der Waals surface area contributed by atoms with Crippen LogP contribution >= 0.6 is 35.3 Å². The number of aromatic nitrogens is 1. The third-order valence-corrected chi connectivity index (χ3v) is 4.29. The van der Waals surface area contributed by atoms with Crippen molar-refractivity contribution in [2.45, 2.75) is 40.2 Å². The molecule has 0 spiro atoms. The summed E-state index contributed by atoms with van der Waals surface area (Å²) >= 11 is 1.72. The van der Waals surface area contributed by atoms with E-state index in [1.807, 2.05) is 6.92 Å². The van der Waals surface area contributed by atoms with E-state index in [0.717, 1.165) is 49.2 Å². The third kappa shape index (κ3) is 10.4. The molecule has 0 unspecified atom stereocenters. The molecule has 0 aromatic carbocycles. The first-order valence-electron chi connectivity index (χ1n) is 8.19. The number of hydrogen-bond acceptors (Lipinski definition) is 5. The van der Waals surface area contributed by atoms with Gasteiger partial charge in [0.1, 0.15) is 5.01 Å². The van der Waals surface area contributed by atoms with Crippen LogP contribution in [-0.4, -0.2) is 51.0 Å². The van der Waals surface area contributed by atoms with E-state index in [1.165, 1.54) is 4.88 Å². The predicted molar refractivity (Wildman–Crippen MR) is 112 cm³/mol. The summed E-state index contributed by atoms with van der Waals surface area (Å²) in [5.74, 6) is 0.846. The third-order valence-electron chi connectivity index (χ3n) is 3.23. The summed E-state index contributed by atoms with van der Waals surface area (Å²) in [4.78, 5) is 10.4. The molecule has 0 amide bonds. The van der Waals surface area contributed by atoms with Crippen molar-refractivity contribution in [2.75, 3.05) is 40.0 Å². The molecule has 0 bridgehead atoms. The van der Waals surface area contributed by atoms with Gasteiger partial charge in [0.05, 0.1) is 25.5 Å². The standard InChI is InChI=1S/C16H30N4O2S.HI/c1-5-17-16(18-8-6-7-9-22-11-10-21-4)19-12-15-20-13(2)14(3)23-15;/h5-12H2,1-4H3,(H2,17,18,19);1H. The van der Waals surface area contributed by atoms with Crippen LogP contribution < -0.4 is 10.6 Å². The molecule has 8 heteroatoms. The molecular formula is C16H31IN4O2S. The lowest BCUT2D eigenvalue weighted by Crippen LogP contribution is -2.37. The molecule has 0 saturated carbocycles. The van der Waals surface area contributed by atoms with Crippen LogP contribution in [0.25, 0.3) is 0 Å². The van der Waals surface area contributed by atoms with Crippen LogP contribution in [0.1, 0.15) is 35.3 Å². The summed E-state index contributed by atoms with van der Waals surface area (Å²) in [6.45, 7) is 10.7. The van der Waals surface area contributed by atoms with Gasteiger partial charge in [0, 0.05) is 31.7 Å². The molecule has 6 nitrogen and oxygen atoms in total. The Morgan fingerprint density at radius 2 is 1.96 bits per heavy atom. The van der Waals surface area contributed by atoms with Crippen molar-refractivity contribution in [2.24, 2.45) is 4.99 Å². The van der Waals surface area contributed by atoms with Gasteiger partial charge >= 0.3 is 0 Å². The first kappa shape index (κ1) is 23.5. The Bertz CT molecular complexity index is 449. The van der Waals surface area contributed by atoms with Crippen molar-refractivity contribution in [3.63, 3.8) is 0 Å². The summed E-state index contributed by atoms with van der Waals surface area (Å²) in [5, 5.41) is 7.67. The molecule has 1 aromatic rings. The first-order chi connectivity index (χ1) is 11.2. The SMILES string of the molecule is CCNC(=NCc1nc(C)c(C)s1)NCCCCOCCOC.I. The Balaban J connectivity index is 0.00000529. The maximum absolute atomic E-state index is 5.44. The molecule has 1 aromatic heterocycles. The van der Waals surface area contributed by atoms with Crippen LogP contribution in [-0.2, 0) is 16.0 Å². The van der Waals surface area contributed by atoms with Crippen LogP contribution in [0, 0.1) is 13.8 Å². The van der Waals surface area contributed by atoms with Crippen LogP contribution in [0.4, 0.5) is 0 Å². The Labute approximate surface area is 166 Å². The molecular weight excluding hydrogens is 439 g/mol. The van der Waals surface area contributed by atoms with E-state index in [4.69, 9.17) is 9.47 Å². The van der Waals surface area contributed by atoms with Gasteiger partial charge in [-0.2, -0.15) is 0 Å². The Morgan fingerprint density at radius 3 is 2.58 bits per heavy atom. The molecule has 1 heterocycles. The zero-order valence-corrected chi connectivity index (χ0v) is 18.3. The molecule has 24 heavy (non-hydrogen) atoms. The molecule has 0 aliphatic heterocycles. The van der Waals surface area contributed by atoms with Crippen molar-refractivity contribution >= 4 is 41.3 Å². The number of hydrogen-bond donors (Lipinski definition) is 2. The molecule has 0 fully saturated rings. The van der Waals surface area contributed by atoms with Gasteiger partial charge in [-0.3, -0.25) is 0 Å². The second kappa shape index (κ2) is 14.9. The van der Waals surface area contributed by atoms with Gasteiger partial charge in [0.25, 0.3) is 0 Å². The Hall–Kier alpha value is -0.450. The highest BCUT2D eigenvalue weighted by Crippen LogP contribution is 2.16. The van der Waals surface area contributed by atoms with E-state index in [0.29, 0.717) is 19.8 Å². The fourth-order valence-corrected chi connectivity index (χ4v) is 2.73. The van der Waals surface area contributed by atoms with Crippen molar-refractivity contribution < 1.29 is 9.47 Å². The molecule has 0 aliphatic carbocycles. The zero-order chi connectivity index (χ0) is 16.9. The number of unbranched alkanes of at least 4 members (excludes halogenated alkanes) is 1. The molecule has 140 valence electrons. The van der Waals surface area contributed by atoms with Crippen molar-refractivity contribution in [1.29, 1.82) is 0 Å². The second-order valence-electron chi connectivity index (χ2n) is 5.18. The number of guanidine groups is 1. The smallest absolute Gasteiger partial charge is 0.191 e. The fourth-order valence-electron chi connectivity index (χ4n) is 1.88. The Kier molecular flexibility index (Phi) is 14.6. The van der Waals surface area contributed by atoms with Gasteiger partial charge in [0.15, 0.2) is 5.96 Å². The number of nitrogens with one attached hydrogen (secondary N) is 2. The van der Waals surface area contributed by atoms with Gasteiger partial charge < -0.3 is 20.1 Å². The minimum atomic E-state index is 0. The Morgan fingerprint density at radius 1 is 1.17 bits per heavy atom. The van der Waals surface area contributed by atoms with Crippen LogP contribution in [0.5, 0.6) is 0 Å². The number of aliphatic imine (C=N–C) groups is 1. The van der Waals surface area contributed by atoms with E-state index in [9.17, 15) is 0 Å². The minimum Gasteiger partial charge on any atom is -0.382 e. The van der Waals surface area contributed by atoms with Gasteiger partial charge in [-0.05, 0) is 33.6 Å². The lowest BCUT2D eigenvalue weighted by molar-refractivity contribution is 0.0689. The number of methoxy groups -OCH3 is 1. The van der Waals surface area contributed by atoms with Gasteiger partial charge in [-0.15, -0.1) is 35.3 Å². The van der Waals surface area contributed by atoms with E-state index in [1.54, 1.807) is 18.4 Å². The normalized spacial score (nSPS) is 11.2. The summed E-state index contributed by atoms with van der Waals surface area (Å²) in [6, 6.07) is 0. The number of thiazole rings is 1. The fraction of sp³-hybridized carbons (Fsp3) is 0.750. The zero-order valence-electron chi connectivity index (χ0n) is 15.2. The average molecular weight is 470 g/mol. The van der Waals surface area contributed by atoms with Gasteiger partial charge in [0.2, 0.25) is 0 Å². The number of nitrogens with zero attached hydrogens (tertiary/aromatic N) is 2. The quantitative estimate of drug-likeness (QED) is 0.225. The summed E-state index contributed by atoms with van der Waals surface area (Å²) in [5.41, 5.74) is 1.10. The molecule has 0 radical (unpaired) electrons. The highest BCUT2D eigenvalue weighted by atomic mass is 127. The highest BCUT2D eigenvalue weighted by molar-refractivity contribution is 14.0. The van der Waals surface area contributed by atoms with Crippen molar-refractivity contribution in [3.8, 4) is 0 Å². The average Bonchev–Trinajstić information content (AvgIpc) is 2.86. The van der Waals surface area contributed by atoms with Crippen LogP contribution in [0.15, 0.2) is 4.99 Å². The van der Waals surface area contributed by atoms with E-state index < -0.39 is 0 Å². The lowest BCUT2D eigenvalue weighted by Gasteiger charge is -2.11. The van der Waals surface area contributed by atoms with E-state index in [2.05, 4.69) is 34.5 Å². The molecule has 0 saturated heterocycles. The summed E-state index contributed by atoms with van der Waals surface area (Å²) in [6.07, 6.45) is 2.08. The number of halogens is 1. The molecule has 0 aliphatic rings. The van der Waals surface area contributed by atoms with E-state index >= 15 is 0 Å². The lowest BCUT2D eigenvalue weighted by atomic mass is 10.3. The van der Waals surface area contributed by atoms with Gasteiger partial charge in [-0.1, -0.05) is 0 Å². The number of aryl methyl sites for hydroxylation is 2. The summed E-state index contributed by atoms with van der Waals surface area (Å²) in [7, 11) is 1.68. The maximum atomic E-state index is 5.44. The van der Waals surface area contributed by atoms with Gasteiger partial charge in [-0.25, -0.2) is 9.98 Å². The van der Waals surface area contributed by atoms with E-state index in [-0.39, 0.29) is 24.0 Å². The largest absolute Gasteiger partial charge is 0.382 e. The summed E-state index contributed by atoms with van der Waals surface area (Å²) < 4.78 is 10.4. The van der Waals surface area contributed by atoms with Crippen molar-refractivity contribution in [1.82, 2.24) is 15.6 Å². The molecule has 1 rings (SSSR count). The number of rotatable bonds is 11. The number of ether oxygens (including phenoxy) is 2. The van der Waals surface area contributed by atoms with Crippen LogP contribution in [0.3, 0.4) is 0 Å². The second-order valence-corrected chi connectivity index (χ2v) is 6.47.